The number of alkyl halides is 1. The second kappa shape index (κ2) is 6.50. The predicted molar refractivity (Wildman–Crippen MR) is 87.5 cm³/mol. The fourth-order valence-electron chi connectivity index (χ4n) is 2.90. The lowest BCUT2D eigenvalue weighted by Crippen LogP contribution is -2.32. The Hall–Kier alpha value is -0.210. The molecule has 5 heteroatoms. The number of ether oxygens (including phenoxy) is 4. The quantitative estimate of drug-likeness (QED) is 0.559. The monoisotopic (exact) mass is 404 g/mol. The van der Waals surface area contributed by atoms with Gasteiger partial charge in [-0.05, 0) is 19.4 Å². The van der Waals surface area contributed by atoms with Gasteiger partial charge in [-0.3, -0.25) is 0 Å². The van der Waals surface area contributed by atoms with Gasteiger partial charge in [0.15, 0.2) is 5.79 Å². The minimum atomic E-state index is -0.527. The first-order valence-electron chi connectivity index (χ1n) is 7.28. The van der Waals surface area contributed by atoms with Crippen LogP contribution in [-0.4, -0.2) is 41.2 Å². The van der Waals surface area contributed by atoms with E-state index in [0.717, 1.165) is 4.43 Å². The van der Waals surface area contributed by atoms with Crippen LogP contribution in [0.15, 0.2) is 30.3 Å². The summed E-state index contributed by atoms with van der Waals surface area (Å²) in [5.74, 6) is -0.527. The molecule has 2 aliphatic rings. The molecule has 3 rings (SSSR count). The van der Waals surface area contributed by atoms with E-state index in [2.05, 4.69) is 34.7 Å². The van der Waals surface area contributed by atoms with Gasteiger partial charge < -0.3 is 18.9 Å². The molecule has 1 aromatic rings. The zero-order valence-electron chi connectivity index (χ0n) is 12.3. The van der Waals surface area contributed by atoms with Crippen LogP contribution >= 0.6 is 22.6 Å². The average molecular weight is 404 g/mol. The molecule has 2 aliphatic heterocycles. The molecule has 0 spiro atoms. The normalized spacial score (nSPS) is 34.0. The zero-order valence-corrected chi connectivity index (χ0v) is 14.5. The summed E-state index contributed by atoms with van der Waals surface area (Å²) in [6.07, 6.45) is 0.0146. The van der Waals surface area contributed by atoms with E-state index in [9.17, 15) is 0 Å². The second-order valence-electron chi connectivity index (χ2n) is 5.93. The largest absolute Gasteiger partial charge is 0.374 e. The summed E-state index contributed by atoms with van der Waals surface area (Å²) in [4.78, 5) is 0. The lowest BCUT2D eigenvalue weighted by atomic mass is 10.1. The third-order valence-electron chi connectivity index (χ3n) is 3.79. The molecule has 0 radical (unpaired) electrons. The highest BCUT2D eigenvalue weighted by molar-refractivity contribution is 14.1. The molecule has 2 fully saturated rings. The maximum atomic E-state index is 6.03. The van der Waals surface area contributed by atoms with Crippen molar-refractivity contribution in [3.05, 3.63) is 35.9 Å². The third kappa shape index (κ3) is 3.59. The van der Waals surface area contributed by atoms with Crippen molar-refractivity contribution < 1.29 is 18.9 Å². The van der Waals surface area contributed by atoms with Gasteiger partial charge in [0, 0.05) is 4.43 Å². The molecule has 21 heavy (non-hydrogen) atoms. The minimum Gasteiger partial charge on any atom is -0.374 e. The van der Waals surface area contributed by atoms with Gasteiger partial charge in [-0.25, -0.2) is 0 Å². The summed E-state index contributed by atoms with van der Waals surface area (Å²) in [5.41, 5.74) is 1.17. The van der Waals surface area contributed by atoms with Gasteiger partial charge in [-0.2, -0.15) is 0 Å². The Morgan fingerprint density at radius 2 is 1.76 bits per heavy atom. The first-order valence-corrected chi connectivity index (χ1v) is 8.80. The summed E-state index contributed by atoms with van der Waals surface area (Å²) in [5, 5.41) is 0. The van der Waals surface area contributed by atoms with Crippen molar-refractivity contribution >= 4 is 22.6 Å². The molecular weight excluding hydrogens is 383 g/mol. The van der Waals surface area contributed by atoms with E-state index in [1.807, 2.05) is 32.0 Å². The van der Waals surface area contributed by atoms with Crippen LogP contribution in [0.3, 0.4) is 0 Å². The SMILES string of the molecule is CC1(C)O[C@@H]2[C@H](O1)[C@@H](COCc1ccccc1)O[C@@H]2CI. The molecule has 0 N–H and O–H groups in total. The Morgan fingerprint density at radius 1 is 1.10 bits per heavy atom. The molecule has 0 amide bonds. The highest BCUT2D eigenvalue weighted by Gasteiger charge is 2.54. The Labute approximate surface area is 139 Å². The molecule has 0 unspecified atom stereocenters. The van der Waals surface area contributed by atoms with Gasteiger partial charge in [0.25, 0.3) is 0 Å². The van der Waals surface area contributed by atoms with Crippen molar-refractivity contribution in [1.82, 2.24) is 0 Å². The zero-order chi connectivity index (χ0) is 14.9. The first-order chi connectivity index (χ1) is 10.1. The summed E-state index contributed by atoms with van der Waals surface area (Å²) < 4.78 is 24.7. The Balaban J connectivity index is 1.56. The van der Waals surface area contributed by atoms with Crippen molar-refractivity contribution in [2.24, 2.45) is 0 Å². The molecule has 2 heterocycles. The van der Waals surface area contributed by atoms with Gasteiger partial charge in [0.05, 0.1) is 19.3 Å². The fourth-order valence-corrected chi connectivity index (χ4v) is 3.61. The van der Waals surface area contributed by atoms with Crippen LogP contribution in [0.1, 0.15) is 19.4 Å². The van der Waals surface area contributed by atoms with Crippen LogP contribution in [0.4, 0.5) is 0 Å². The summed E-state index contributed by atoms with van der Waals surface area (Å²) >= 11 is 2.33. The average Bonchev–Trinajstić information content (AvgIpc) is 2.94. The van der Waals surface area contributed by atoms with Crippen LogP contribution in [0, 0.1) is 0 Å². The highest BCUT2D eigenvalue weighted by atomic mass is 127. The van der Waals surface area contributed by atoms with Crippen molar-refractivity contribution in [2.75, 3.05) is 11.0 Å². The predicted octanol–water partition coefficient (Wildman–Crippen LogP) is 2.93. The second-order valence-corrected chi connectivity index (χ2v) is 6.81. The third-order valence-corrected chi connectivity index (χ3v) is 4.66. The number of benzene rings is 1. The molecule has 0 bridgehead atoms. The van der Waals surface area contributed by atoms with Crippen molar-refractivity contribution in [1.29, 1.82) is 0 Å². The maximum absolute atomic E-state index is 6.03. The molecule has 0 aliphatic carbocycles. The Kier molecular flexibility index (Phi) is 4.85. The first kappa shape index (κ1) is 15.7. The lowest BCUT2D eigenvalue weighted by Gasteiger charge is -2.23. The van der Waals surface area contributed by atoms with Crippen LogP contribution in [0.5, 0.6) is 0 Å². The maximum Gasteiger partial charge on any atom is 0.164 e. The van der Waals surface area contributed by atoms with Crippen molar-refractivity contribution in [3.8, 4) is 0 Å². The standard InChI is InChI=1S/C16H21IO4/c1-16(2)20-14-12(8-17)19-13(15(14)21-16)10-18-9-11-6-4-3-5-7-11/h3-7,12-15H,8-10H2,1-2H3/t12-,13-,14+,15-/m1/s1. The topological polar surface area (TPSA) is 36.9 Å². The van der Waals surface area contributed by atoms with Crippen LogP contribution < -0.4 is 0 Å². The molecule has 2 saturated heterocycles. The molecule has 116 valence electrons. The molecular formula is C16H21IO4. The van der Waals surface area contributed by atoms with E-state index in [0.29, 0.717) is 13.2 Å². The van der Waals surface area contributed by atoms with Gasteiger partial charge in [-0.1, -0.05) is 52.9 Å². The van der Waals surface area contributed by atoms with E-state index in [1.165, 1.54) is 5.56 Å². The van der Waals surface area contributed by atoms with Gasteiger partial charge in [-0.15, -0.1) is 0 Å². The number of hydrogen-bond acceptors (Lipinski definition) is 4. The van der Waals surface area contributed by atoms with Crippen LogP contribution in [0.25, 0.3) is 0 Å². The Morgan fingerprint density at radius 3 is 2.43 bits per heavy atom. The summed E-state index contributed by atoms with van der Waals surface area (Å²) in [7, 11) is 0. The molecule has 0 aromatic heterocycles. The highest BCUT2D eigenvalue weighted by Crippen LogP contribution is 2.39. The molecule has 4 nitrogen and oxygen atoms in total. The van der Waals surface area contributed by atoms with E-state index in [1.54, 1.807) is 0 Å². The van der Waals surface area contributed by atoms with E-state index >= 15 is 0 Å². The molecule has 1 aromatic carbocycles. The van der Waals surface area contributed by atoms with Crippen molar-refractivity contribution in [3.63, 3.8) is 0 Å². The van der Waals surface area contributed by atoms with Crippen molar-refractivity contribution in [2.45, 2.75) is 50.7 Å². The van der Waals surface area contributed by atoms with Crippen LogP contribution in [-0.2, 0) is 25.6 Å². The molecule has 0 saturated carbocycles. The lowest BCUT2D eigenvalue weighted by molar-refractivity contribution is -0.189. The fraction of sp³-hybridized carbons (Fsp3) is 0.625. The summed E-state index contributed by atoms with van der Waals surface area (Å²) in [6, 6.07) is 10.2. The van der Waals surface area contributed by atoms with E-state index < -0.39 is 5.79 Å². The van der Waals surface area contributed by atoms with E-state index in [4.69, 9.17) is 18.9 Å². The Bertz CT molecular complexity index is 465. The number of rotatable bonds is 5. The minimum absolute atomic E-state index is 0.0159. The van der Waals surface area contributed by atoms with Gasteiger partial charge in [0.2, 0.25) is 0 Å². The van der Waals surface area contributed by atoms with Gasteiger partial charge in [0.1, 0.15) is 18.3 Å². The number of fused-ring (bicyclic) bond motifs is 1. The van der Waals surface area contributed by atoms with Crippen LogP contribution in [0.2, 0.25) is 0 Å². The smallest absolute Gasteiger partial charge is 0.164 e. The van der Waals surface area contributed by atoms with E-state index in [-0.39, 0.29) is 24.4 Å². The summed E-state index contributed by atoms with van der Waals surface area (Å²) in [6.45, 7) is 5.04. The number of hydrogen-bond donors (Lipinski definition) is 0. The molecule has 4 atom stereocenters. The van der Waals surface area contributed by atoms with Gasteiger partial charge >= 0.3 is 0 Å². The number of halogens is 1.